The Morgan fingerprint density at radius 2 is 1.95 bits per heavy atom. The third-order valence-corrected chi connectivity index (χ3v) is 4.45. The predicted molar refractivity (Wildman–Crippen MR) is 77.7 cm³/mol. The number of piperazine rings is 1. The summed E-state index contributed by atoms with van der Waals surface area (Å²) in [7, 11) is 0. The Morgan fingerprint density at radius 3 is 2.65 bits per heavy atom. The van der Waals surface area contributed by atoms with Crippen LogP contribution >= 0.6 is 0 Å². The molecule has 5 nitrogen and oxygen atoms in total. The van der Waals surface area contributed by atoms with Crippen LogP contribution in [0.4, 0.5) is 5.69 Å². The molecule has 0 spiro atoms. The van der Waals surface area contributed by atoms with Crippen molar-refractivity contribution >= 4 is 11.9 Å². The predicted octanol–water partition coefficient (Wildman–Crippen LogP) is 1.52. The number of hydrogen-bond acceptors (Lipinski definition) is 5. The van der Waals surface area contributed by atoms with E-state index >= 15 is 0 Å². The van der Waals surface area contributed by atoms with Crippen LogP contribution in [-0.2, 0) is 0 Å². The molecule has 1 aromatic carbocycles. The molecule has 20 heavy (non-hydrogen) atoms. The van der Waals surface area contributed by atoms with E-state index in [9.17, 15) is 5.21 Å². The van der Waals surface area contributed by atoms with Gasteiger partial charge in [-0.25, -0.2) is 5.06 Å². The lowest BCUT2D eigenvalue weighted by atomic mass is 10.2. The molecule has 1 unspecified atom stereocenters. The second-order valence-corrected chi connectivity index (χ2v) is 5.59. The van der Waals surface area contributed by atoms with Crippen molar-refractivity contribution in [3.63, 3.8) is 0 Å². The summed E-state index contributed by atoms with van der Waals surface area (Å²) in [5.41, 5.74) is 1.30. The van der Waals surface area contributed by atoms with Crippen molar-refractivity contribution in [1.29, 1.82) is 0 Å². The number of allylic oxidation sites excluding steroid dienone is 1. The van der Waals surface area contributed by atoms with E-state index in [0.717, 1.165) is 19.5 Å². The Bertz CT molecular complexity index is 544. The number of para-hydroxylation sites is 1. The molecule has 5 heteroatoms. The van der Waals surface area contributed by atoms with E-state index in [-0.39, 0.29) is 6.29 Å². The molecular weight excluding hydrogens is 252 g/mol. The Morgan fingerprint density at radius 1 is 1.10 bits per heavy atom. The summed E-state index contributed by atoms with van der Waals surface area (Å²) in [6.45, 7) is 1.96. The zero-order chi connectivity index (χ0) is 13.5. The largest absolute Gasteiger partial charge is 0.366 e. The van der Waals surface area contributed by atoms with Crippen molar-refractivity contribution in [2.75, 3.05) is 18.0 Å². The topological polar surface area (TPSA) is 42.3 Å². The van der Waals surface area contributed by atoms with Gasteiger partial charge in [-0.15, -0.1) is 0 Å². The molecule has 1 aromatic rings. The fourth-order valence-electron chi connectivity index (χ4n) is 3.55. The Hall–Kier alpha value is -1.85. The molecule has 3 heterocycles. The quantitative estimate of drug-likeness (QED) is 0.885. The highest BCUT2D eigenvalue weighted by molar-refractivity contribution is 5.71. The van der Waals surface area contributed by atoms with E-state index in [0.29, 0.717) is 12.1 Å². The van der Waals surface area contributed by atoms with Gasteiger partial charge in [-0.1, -0.05) is 18.2 Å². The molecule has 0 aliphatic carbocycles. The normalized spacial score (nSPS) is 32.4. The maximum Gasteiger partial charge on any atom is 0.201 e. The van der Waals surface area contributed by atoms with Gasteiger partial charge in [0.1, 0.15) is 0 Å². The van der Waals surface area contributed by atoms with Crippen molar-refractivity contribution in [2.45, 2.75) is 24.8 Å². The van der Waals surface area contributed by atoms with Gasteiger partial charge in [0.05, 0.1) is 0 Å². The lowest BCUT2D eigenvalue weighted by Crippen LogP contribution is -2.54. The van der Waals surface area contributed by atoms with Crippen LogP contribution in [0.25, 0.3) is 0 Å². The van der Waals surface area contributed by atoms with E-state index < -0.39 is 0 Å². The number of anilines is 1. The van der Waals surface area contributed by atoms with Crippen LogP contribution in [0.3, 0.4) is 0 Å². The average molecular weight is 270 g/mol. The second kappa shape index (κ2) is 4.61. The minimum absolute atomic E-state index is 0.257. The number of rotatable bonds is 2. The van der Waals surface area contributed by atoms with Crippen molar-refractivity contribution < 1.29 is 5.21 Å². The van der Waals surface area contributed by atoms with Crippen molar-refractivity contribution in [1.82, 2.24) is 9.96 Å². The van der Waals surface area contributed by atoms with Crippen LogP contribution in [0.5, 0.6) is 0 Å². The average Bonchev–Trinajstić information content (AvgIpc) is 3.09. The lowest BCUT2D eigenvalue weighted by Gasteiger charge is -2.40. The summed E-state index contributed by atoms with van der Waals surface area (Å²) < 4.78 is 0. The molecular formula is C15H18N4O. The number of likely N-dealkylation sites (tertiary alicyclic amines) is 1. The van der Waals surface area contributed by atoms with Crippen molar-refractivity contribution in [3.05, 3.63) is 42.6 Å². The Balaban J connectivity index is 1.50. The van der Waals surface area contributed by atoms with Crippen LogP contribution in [0.2, 0.25) is 0 Å². The highest BCUT2D eigenvalue weighted by Gasteiger charge is 2.46. The van der Waals surface area contributed by atoms with Gasteiger partial charge in [-0.3, -0.25) is 15.1 Å². The highest BCUT2D eigenvalue weighted by Crippen LogP contribution is 2.36. The molecule has 0 radical (unpaired) electrons. The highest BCUT2D eigenvalue weighted by atomic mass is 16.5. The summed E-state index contributed by atoms with van der Waals surface area (Å²) in [5, 5.41) is 11.1. The second-order valence-electron chi connectivity index (χ2n) is 5.59. The minimum Gasteiger partial charge on any atom is -0.366 e. The maximum absolute atomic E-state index is 9.92. The van der Waals surface area contributed by atoms with Gasteiger partial charge < -0.3 is 4.90 Å². The lowest BCUT2D eigenvalue weighted by molar-refractivity contribution is -0.134. The fraction of sp³-hybridized carbons (Fsp3) is 0.400. The zero-order valence-electron chi connectivity index (χ0n) is 11.2. The summed E-state index contributed by atoms with van der Waals surface area (Å²) in [5.74, 6) is 0. The third kappa shape index (κ3) is 1.82. The SMILES string of the molecule is ON1C=CC=NC1N1C[C@@H]2C[C@H]1CN2c1ccccc1. The van der Waals surface area contributed by atoms with Gasteiger partial charge in [-0.2, -0.15) is 0 Å². The van der Waals surface area contributed by atoms with Gasteiger partial charge in [0.15, 0.2) is 0 Å². The van der Waals surface area contributed by atoms with E-state index in [2.05, 4.69) is 45.1 Å². The molecule has 3 aliphatic rings. The molecule has 2 fully saturated rings. The first-order valence-electron chi connectivity index (χ1n) is 7.07. The first kappa shape index (κ1) is 11.9. The van der Waals surface area contributed by atoms with Crippen LogP contribution < -0.4 is 4.90 Å². The van der Waals surface area contributed by atoms with Crippen molar-refractivity contribution in [3.8, 4) is 0 Å². The van der Waals surface area contributed by atoms with E-state index in [1.165, 1.54) is 10.8 Å². The fourth-order valence-corrected chi connectivity index (χ4v) is 3.55. The Labute approximate surface area is 118 Å². The summed E-state index contributed by atoms with van der Waals surface area (Å²) >= 11 is 0. The zero-order valence-corrected chi connectivity index (χ0v) is 11.2. The van der Waals surface area contributed by atoms with Crippen LogP contribution in [0.1, 0.15) is 6.42 Å². The molecule has 2 saturated heterocycles. The van der Waals surface area contributed by atoms with Crippen LogP contribution in [-0.4, -0.2) is 52.8 Å². The number of fused-ring (bicyclic) bond motifs is 2. The van der Waals surface area contributed by atoms with Gasteiger partial charge in [0.25, 0.3) is 0 Å². The molecule has 4 rings (SSSR count). The molecule has 1 N–H and O–H groups in total. The molecule has 0 aromatic heterocycles. The first-order valence-corrected chi connectivity index (χ1v) is 7.07. The molecule has 2 bridgehead atoms. The third-order valence-electron chi connectivity index (χ3n) is 4.45. The van der Waals surface area contributed by atoms with E-state index in [4.69, 9.17) is 0 Å². The van der Waals surface area contributed by atoms with Gasteiger partial charge in [0.2, 0.25) is 6.29 Å². The van der Waals surface area contributed by atoms with E-state index in [1.807, 2.05) is 0 Å². The summed E-state index contributed by atoms with van der Waals surface area (Å²) in [6.07, 6.45) is 6.07. The molecule has 104 valence electrons. The summed E-state index contributed by atoms with van der Waals surface area (Å²) in [6, 6.07) is 11.6. The van der Waals surface area contributed by atoms with Gasteiger partial charge in [-0.05, 0) is 24.6 Å². The Kier molecular flexibility index (Phi) is 2.75. The molecule has 0 amide bonds. The maximum atomic E-state index is 9.92. The number of nitrogens with zero attached hydrogens (tertiary/aromatic N) is 4. The van der Waals surface area contributed by atoms with Crippen LogP contribution in [0, 0.1) is 0 Å². The number of aliphatic imine (C=N–C) groups is 1. The summed E-state index contributed by atoms with van der Waals surface area (Å²) in [4.78, 5) is 9.15. The monoisotopic (exact) mass is 270 g/mol. The van der Waals surface area contributed by atoms with Crippen LogP contribution in [0.15, 0.2) is 47.6 Å². The minimum atomic E-state index is -0.257. The van der Waals surface area contributed by atoms with Gasteiger partial charge >= 0.3 is 0 Å². The van der Waals surface area contributed by atoms with E-state index in [1.54, 1.807) is 18.5 Å². The molecule has 0 saturated carbocycles. The number of benzene rings is 1. The molecule has 3 atom stereocenters. The first-order chi connectivity index (χ1) is 9.83. The standard InChI is InChI=1S/C15H18N4O/c20-19-8-4-7-16-15(19)18-11-13-9-14(18)10-17(13)12-5-2-1-3-6-12/h1-8,13-15,20H,9-11H2/t13-,14-,15?/m0/s1. The number of hydrogen-bond donors (Lipinski definition) is 1. The number of hydroxylamine groups is 2. The smallest absolute Gasteiger partial charge is 0.201 e. The van der Waals surface area contributed by atoms with Gasteiger partial charge in [0, 0.05) is 43.3 Å². The molecule has 3 aliphatic heterocycles. The van der Waals surface area contributed by atoms with Crippen molar-refractivity contribution in [2.24, 2.45) is 4.99 Å².